The number of aliphatic hydroxyl groups is 1. The first-order valence-electron chi connectivity index (χ1n) is 5.70. The maximum atomic E-state index is 14.0. The lowest BCUT2D eigenvalue weighted by molar-refractivity contribution is 0.213. The number of rotatable bonds is 2. The molecule has 94 valence electrons. The topological polar surface area (TPSA) is 20.2 Å². The number of aliphatic hydroxyl groups excluding tert-OH is 1. The molecule has 0 saturated heterocycles. The third kappa shape index (κ3) is 2.57. The lowest BCUT2D eigenvalue weighted by Crippen LogP contribution is -2.07. The van der Waals surface area contributed by atoms with Crippen molar-refractivity contribution < 1.29 is 9.50 Å². The quantitative estimate of drug-likeness (QED) is 0.803. The Morgan fingerprint density at radius 1 is 1.17 bits per heavy atom. The fourth-order valence-electron chi connectivity index (χ4n) is 2.13. The van der Waals surface area contributed by atoms with E-state index >= 15 is 0 Å². The van der Waals surface area contributed by atoms with Crippen LogP contribution in [-0.4, -0.2) is 5.11 Å². The highest BCUT2D eigenvalue weighted by molar-refractivity contribution is 14.1. The first-order valence-corrected chi connectivity index (χ1v) is 6.77. The minimum atomic E-state index is -0.918. The molecule has 2 rings (SSSR count). The van der Waals surface area contributed by atoms with Crippen LogP contribution in [0.4, 0.5) is 4.39 Å². The van der Waals surface area contributed by atoms with Crippen molar-refractivity contribution in [1.82, 2.24) is 0 Å². The number of aryl methyl sites for hydroxylation is 2. The molecule has 18 heavy (non-hydrogen) atoms. The number of benzene rings is 2. The van der Waals surface area contributed by atoms with Gasteiger partial charge in [-0.3, -0.25) is 0 Å². The summed E-state index contributed by atoms with van der Waals surface area (Å²) < 4.78 is 14.9. The minimum absolute atomic E-state index is 0.348. The van der Waals surface area contributed by atoms with Gasteiger partial charge in [0.05, 0.1) is 0 Å². The summed E-state index contributed by atoms with van der Waals surface area (Å²) in [5.74, 6) is -0.348. The summed E-state index contributed by atoms with van der Waals surface area (Å²) in [5, 5.41) is 10.4. The van der Waals surface area contributed by atoms with Gasteiger partial charge in [-0.1, -0.05) is 24.3 Å². The van der Waals surface area contributed by atoms with Crippen molar-refractivity contribution in [3.8, 4) is 0 Å². The van der Waals surface area contributed by atoms with Crippen molar-refractivity contribution >= 4 is 22.6 Å². The predicted octanol–water partition coefficient (Wildman–Crippen LogP) is 4.13. The highest BCUT2D eigenvalue weighted by Crippen LogP contribution is 2.30. The van der Waals surface area contributed by atoms with Crippen LogP contribution < -0.4 is 0 Å². The largest absolute Gasteiger partial charge is 0.383 e. The molecule has 0 saturated carbocycles. The summed E-state index contributed by atoms with van der Waals surface area (Å²) in [6, 6.07) is 10.8. The molecule has 1 N–H and O–H groups in total. The van der Waals surface area contributed by atoms with Crippen molar-refractivity contribution in [2.75, 3.05) is 0 Å². The fourth-order valence-corrected chi connectivity index (χ4v) is 2.81. The van der Waals surface area contributed by atoms with E-state index in [1.807, 2.05) is 44.2 Å². The summed E-state index contributed by atoms with van der Waals surface area (Å²) in [6.07, 6.45) is -0.918. The Morgan fingerprint density at radius 2 is 1.83 bits per heavy atom. The molecule has 0 bridgehead atoms. The SMILES string of the molecule is Cc1cc(C)c(C(O)c2ccccc2I)c(F)c1. The Bertz CT molecular complexity index is 557. The van der Waals surface area contributed by atoms with Crippen molar-refractivity contribution in [1.29, 1.82) is 0 Å². The molecule has 3 heteroatoms. The molecule has 0 aliphatic rings. The third-order valence-electron chi connectivity index (χ3n) is 2.95. The van der Waals surface area contributed by atoms with Crippen LogP contribution in [0.1, 0.15) is 28.4 Å². The molecule has 1 unspecified atom stereocenters. The summed E-state index contributed by atoms with van der Waals surface area (Å²) in [7, 11) is 0. The van der Waals surface area contributed by atoms with Gasteiger partial charge in [0.1, 0.15) is 11.9 Å². The van der Waals surface area contributed by atoms with Crippen LogP contribution in [0.3, 0.4) is 0 Å². The van der Waals surface area contributed by atoms with E-state index in [1.165, 1.54) is 6.07 Å². The van der Waals surface area contributed by atoms with Gasteiger partial charge >= 0.3 is 0 Å². The van der Waals surface area contributed by atoms with Gasteiger partial charge in [-0.2, -0.15) is 0 Å². The molecule has 1 atom stereocenters. The van der Waals surface area contributed by atoms with Crippen molar-refractivity contribution in [3.63, 3.8) is 0 Å². The molecular formula is C15H14FIO. The van der Waals surface area contributed by atoms with E-state index in [-0.39, 0.29) is 5.82 Å². The smallest absolute Gasteiger partial charge is 0.129 e. The van der Waals surface area contributed by atoms with E-state index in [2.05, 4.69) is 22.6 Å². The zero-order valence-electron chi connectivity index (χ0n) is 10.2. The van der Waals surface area contributed by atoms with Crippen LogP contribution in [0.15, 0.2) is 36.4 Å². The summed E-state index contributed by atoms with van der Waals surface area (Å²) >= 11 is 2.15. The number of hydrogen-bond acceptors (Lipinski definition) is 1. The maximum Gasteiger partial charge on any atom is 0.129 e. The van der Waals surface area contributed by atoms with Gasteiger partial charge in [0.25, 0.3) is 0 Å². The van der Waals surface area contributed by atoms with Gasteiger partial charge < -0.3 is 5.11 Å². The van der Waals surface area contributed by atoms with Gasteiger partial charge in [0.15, 0.2) is 0 Å². The minimum Gasteiger partial charge on any atom is -0.383 e. The Balaban J connectivity index is 2.53. The van der Waals surface area contributed by atoms with Crippen molar-refractivity contribution in [3.05, 3.63) is 68.0 Å². The van der Waals surface area contributed by atoms with Gasteiger partial charge in [0, 0.05) is 9.13 Å². The second kappa shape index (κ2) is 5.36. The van der Waals surface area contributed by atoms with E-state index in [0.29, 0.717) is 5.56 Å². The van der Waals surface area contributed by atoms with Crippen LogP contribution in [-0.2, 0) is 0 Å². The average Bonchev–Trinajstić information content (AvgIpc) is 2.27. The highest BCUT2D eigenvalue weighted by Gasteiger charge is 2.19. The molecule has 0 fully saturated rings. The molecule has 0 radical (unpaired) electrons. The number of halogens is 2. The monoisotopic (exact) mass is 356 g/mol. The summed E-state index contributed by atoms with van der Waals surface area (Å²) in [5.41, 5.74) is 2.75. The Morgan fingerprint density at radius 3 is 2.44 bits per heavy atom. The molecule has 0 aromatic heterocycles. The number of hydrogen-bond donors (Lipinski definition) is 1. The van der Waals surface area contributed by atoms with E-state index in [0.717, 1.165) is 20.3 Å². The zero-order valence-corrected chi connectivity index (χ0v) is 12.4. The predicted molar refractivity (Wildman–Crippen MR) is 79.1 cm³/mol. The molecule has 0 amide bonds. The van der Waals surface area contributed by atoms with Crippen molar-refractivity contribution in [2.24, 2.45) is 0 Å². The van der Waals surface area contributed by atoms with Crippen LogP contribution in [0, 0.1) is 23.2 Å². The standard InChI is InChI=1S/C15H14FIO/c1-9-7-10(2)14(12(16)8-9)15(18)11-5-3-4-6-13(11)17/h3-8,15,18H,1-2H3. The van der Waals surface area contributed by atoms with E-state index in [1.54, 1.807) is 0 Å². The van der Waals surface area contributed by atoms with E-state index in [9.17, 15) is 9.50 Å². The average molecular weight is 356 g/mol. The normalized spacial score (nSPS) is 12.5. The van der Waals surface area contributed by atoms with Crippen LogP contribution >= 0.6 is 22.6 Å². The molecule has 1 nitrogen and oxygen atoms in total. The Kier molecular flexibility index (Phi) is 4.02. The molecule has 0 heterocycles. The fraction of sp³-hybridized carbons (Fsp3) is 0.200. The van der Waals surface area contributed by atoms with Crippen LogP contribution in [0.5, 0.6) is 0 Å². The third-order valence-corrected chi connectivity index (χ3v) is 3.94. The maximum absolute atomic E-state index is 14.0. The van der Waals surface area contributed by atoms with E-state index in [4.69, 9.17) is 0 Å². The van der Waals surface area contributed by atoms with Gasteiger partial charge in [-0.15, -0.1) is 0 Å². The second-order valence-electron chi connectivity index (χ2n) is 4.40. The highest BCUT2D eigenvalue weighted by atomic mass is 127. The summed E-state index contributed by atoms with van der Waals surface area (Å²) in [4.78, 5) is 0. The van der Waals surface area contributed by atoms with Gasteiger partial charge in [-0.05, 0) is 65.3 Å². The first kappa shape index (κ1) is 13.5. The lowest BCUT2D eigenvalue weighted by Gasteiger charge is -2.17. The second-order valence-corrected chi connectivity index (χ2v) is 5.56. The lowest BCUT2D eigenvalue weighted by atomic mass is 9.95. The summed E-state index contributed by atoms with van der Waals surface area (Å²) in [6.45, 7) is 3.67. The molecule has 0 spiro atoms. The van der Waals surface area contributed by atoms with E-state index < -0.39 is 6.10 Å². The van der Waals surface area contributed by atoms with Gasteiger partial charge in [-0.25, -0.2) is 4.39 Å². The molecule has 2 aromatic carbocycles. The first-order chi connectivity index (χ1) is 8.50. The Labute approximate surface area is 120 Å². The zero-order chi connectivity index (χ0) is 13.3. The molecule has 2 aromatic rings. The molecule has 0 aliphatic heterocycles. The molecule has 0 aliphatic carbocycles. The van der Waals surface area contributed by atoms with Crippen LogP contribution in [0.2, 0.25) is 0 Å². The van der Waals surface area contributed by atoms with Crippen LogP contribution in [0.25, 0.3) is 0 Å². The Hall–Kier alpha value is -0.940. The van der Waals surface area contributed by atoms with Crippen molar-refractivity contribution in [2.45, 2.75) is 20.0 Å². The molecular weight excluding hydrogens is 342 g/mol. The van der Waals surface area contributed by atoms with Gasteiger partial charge in [0.2, 0.25) is 0 Å².